The molecule has 0 aliphatic rings. The number of hydrogen-bond donors (Lipinski definition) is 1. The van der Waals surface area contributed by atoms with Crippen LogP contribution in [0, 0.1) is 0 Å². The van der Waals surface area contributed by atoms with Crippen molar-refractivity contribution in [2.45, 2.75) is 38.8 Å². The lowest BCUT2D eigenvalue weighted by Crippen LogP contribution is -2.41. The Morgan fingerprint density at radius 2 is 1.92 bits per heavy atom. The van der Waals surface area contributed by atoms with Gasteiger partial charge in [-0.2, -0.15) is 0 Å². The summed E-state index contributed by atoms with van der Waals surface area (Å²) in [4.78, 5) is 1.47. The van der Waals surface area contributed by atoms with Crippen LogP contribution in [-0.4, -0.2) is 42.2 Å². The number of hydrogen-bond acceptors (Lipinski definition) is 2. The fourth-order valence-corrected chi connectivity index (χ4v) is 1.02. The zero-order valence-corrected chi connectivity index (χ0v) is 7.80. The van der Waals surface area contributed by atoms with E-state index in [1.165, 1.54) is 4.90 Å². The molecule has 0 aromatic carbocycles. The number of rotatable bonds is 5. The Morgan fingerprint density at radius 1 is 1.42 bits per heavy atom. The monoisotopic (exact) mass is 181 g/mol. The van der Waals surface area contributed by atoms with Gasteiger partial charge < -0.3 is 5.11 Å². The molecule has 12 heavy (non-hydrogen) atoms. The predicted octanol–water partition coefficient (Wildman–Crippen LogP) is 1.34. The van der Waals surface area contributed by atoms with Crippen molar-refractivity contribution in [2.24, 2.45) is 0 Å². The average Bonchev–Trinajstić information content (AvgIpc) is 2.00. The molecule has 0 radical (unpaired) electrons. The van der Waals surface area contributed by atoms with Crippen LogP contribution < -0.4 is 0 Å². The minimum absolute atomic E-state index is 0.205. The predicted molar refractivity (Wildman–Crippen MR) is 44.4 cm³/mol. The lowest BCUT2D eigenvalue weighted by molar-refractivity contribution is 0.0304. The maximum Gasteiger partial charge on any atom is 0.251 e. The molecule has 2 unspecified atom stereocenters. The Hall–Kier alpha value is -0.220. The van der Waals surface area contributed by atoms with Crippen LogP contribution in [0.15, 0.2) is 0 Å². The highest BCUT2D eigenvalue weighted by atomic mass is 19.3. The van der Waals surface area contributed by atoms with Gasteiger partial charge in [0, 0.05) is 6.04 Å². The van der Waals surface area contributed by atoms with Crippen molar-refractivity contribution in [3.05, 3.63) is 0 Å². The molecule has 0 rings (SSSR count). The first kappa shape index (κ1) is 11.8. The third-order valence-corrected chi connectivity index (χ3v) is 2.10. The summed E-state index contributed by atoms with van der Waals surface area (Å²) >= 11 is 0. The van der Waals surface area contributed by atoms with Crippen LogP contribution in [0.25, 0.3) is 0 Å². The summed E-state index contributed by atoms with van der Waals surface area (Å²) in [6.07, 6.45) is -2.26. The van der Waals surface area contributed by atoms with Crippen molar-refractivity contribution in [1.29, 1.82) is 0 Å². The first-order valence-electron chi connectivity index (χ1n) is 4.15. The zero-order valence-electron chi connectivity index (χ0n) is 7.80. The summed E-state index contributed by atoms with van der Waals surface area (Å²) in [6.45, 7) is 3.30. The van der Waals surface area contributed by atoms with Crippen LogP contribution in [0.4, 0.5) is 8.78 Å². The van der Waals surface area contributed by atoms with Gasteiger partial charge in [0.05, 0.1) is 12.6 Å². The molecule has 0 fully saturated rings. The summed E-state index contributed by atoms with van der Waals surface area (Å²) in [5.74, 6) is 0. The van der Waals surface area contributed by atoms with Crippen molar-refractivity contribution < 1.29 is 13.9 Å². The third kappa shape index (κ3) is 3.97. The van der Waals surface area contributed by atoms with E-state index in [0.717, 1.165) is 0 Å². The fraction of sp³-hybridized carbons (Fsp3) is 1.00. The normalized spacial score (nSPS) is 17.0. The Morgan fingerprint density at radius 3 is 2.25 bits per heavy atom. The van der Waals surface area contributed by atoms with Crippen LogP contribution in [0.2, 0.25) is 0 Å². The van der Waals surface area contributed by atoms with Crippen molar-refractivity contribution >= 4 is 0 Å². The molecule has 74 valence electrons. The summed E-state index contributed by atoms with van der Waals surface area (Å²) in [5.41, 5.74) is 0. The SMILES string of the molecule is CCC(O)C(C)N(C)CC(F)F. The van der Waals surface area contributed by atoms with E-state index in [4.69, 9.17) is 0 Å². The van der Waals surface area contributed by atoms with Gasteiger partial charge in [0.25, 0.3) is 6.43 Å². The average molecular weight is 181 g/mol. The Balaban J connectivity index is 3.83. The standard InChI is InChI=1S/C8H17F2NO/c1-4-7(12)6(2)11(3)5-8(9)10/h6-8,12H,4-5H2,1-3H3. The molecule has 2 nitrogen and oxygen atoms in total. The molecule has 0 amide bonds. The minimum Gasteiger partial charge on any atom is -0.392 e. The lowest BCUT2D eigenvalue weighted by Gasteiger charge is -2.27. The number of aliphatic hydroxyl groups excluding tert-OH is 1. The Kier molecular flexibility index (Phi) is 5.33. The van der Waals surface area contributed by atoms with E-state index in [-0.39, 0.29) is 12.6 Å². The molecule has 0 aromatic heterocycles. The van der Waals surface area contributed by atoms with Gasteiger partial charge in [0.1, 0.15) is 0 Å². The summed E-state index contributed by atoms with van der Waals surface area (Å²) in [5, 5.41) is 9.32. The highest BCUT2D eigenvalue weighted by molar-refractivity contribution is 4.71. The van der Waals surface area contributed by atoms with Gasteiger partial charge in [-0.05, 0) is 20.4 Å². The molecule has 0 aliphatic heterocycles. The van der Waals surface area contributed by atoms with E-state index in [0.29, 0.717) is 6.42 Å². The molecular weight excluding hydrogens is 164 g/mol. The highest BCUT2D eigenvalue weighted by Gasteiger charge is 2.19. The van der Waals surface area contributed by atoms with E-state index < -0.39 is 12.5 Å². The molecule has 4 heteroatoms. The van der Waals surface area contributed by atoms with Crippen LogP contribution >= 0.6 is 0 Å². The van der Waals surface area contributed by atoms with Gasteiger partial charge in [0.15, 0.2) is 0 Å². The van der Waals surface area contributed by atoms with Gasteiger partial charge in [-0.15, -0.1) is 0 Å². The summed E-state index contributed by atoms with van der Waals surface area (Å²) in [6, 6.07) is -0.205. The Bertz CT molecular complexity index is 122. The first-order valence-corrected chi connectivity index (χ1v) is 4.15. The number of likely N-dealkylation sites (N-methyl/N-ethyl adjacent to an activating group) is 1. The number of alkyl halides is 2. The maximum atomic E-state index is 11.9. The summed E-state index contributed by atoms with van der Waals surface area (Å²) in [7, 11) is 1.59. The van der Waals surface area contributed by atoms with Crippen LogP contribution in [0.5, 0.6) is 0 Å². The van der Waals surface area contributed by atoms with Gasteiger partial charge in [0.2, 0.25) is 0 Å². The molecule has 0 aromatic rings. The molecule has 0 bridgehead atoms. The second-order valence-electron chi connectivity index (χ2n) is 3.05. The second kappa shape index (κ2) is 5.43. The van der Waals surface area contributed by atoms with E-state index >= 15 is 0 Å². The van der Waals surface area contributed by atoms with Gasteiger partial charge in [-0.1, -0.05) is 6.92 Å². The fourth-order valence-electron chi connectivity index (χ4n) is 1.02. The molecule has 0 spiro atoms. The van der Waals surface area contributed by atoms with Gasteiger partial charge >= 0.3 is 0 Å². The Labute approximate surface area is 72.2 Å². The smallest absolute Gasteiger partial charge is 0.251 e. The van der Waals surface area contributed by atoms with Gasteiger partial charge in [-0.3, -0.25) is 4.90 Å². The molecule has 0 aliphatic carbocycles. The van der Waals surface area contributed by atoms with E-state index in [9.17, 15) is 13.9 Å². The molecule has 1 N–H and O–H groups in total. The van der Waals surface area contributed by atoms with Crippen LogP contribution in [0.3, 0.4) is 0 Å². The van der Waals surface area contributed by atoms with E-state index in [1.807, 2.05) is 6.92 Å². The van der Waals surface area contributed by atoms with Crippen molar-refractivity contribution in [2.75, 3.05) is 13.6 Å². The second-order valence-corrected chi connectivity index (χ2v) is 3.05. The van der Waals surface area contributed by atoms with Crippen molar-refractivity contribution in [1.82, 2.24) is 4.90 Å². The summed E-state index contributed by atoms with van der Waals surface area (Å²) < 4.78 is 23.8. The number of nitrogens with zero attached hydrogens (tertiary/aromatic N) is 1. The van der Waals surface area contributed by atoms with Crippen LogP contribution in [-0.2, 0) is 0 Å². The molecule has 0 heterocycles. The largest absolute Gasteiger partial charge is 0.392 e. The van der Waals surface area contributed by atoms with E-state index in [2.05, 4.69) is 0 Å². The quantitative estimate of drug-likeness (QED) is 0.692. The van der Waals surface area contributed by atoms with Crippen molar-refractivity contribution in [3.8, 4) is 0 Å². The molecule has 2 atom stereocenters. The number of halogens is 2. The molecule has 0 saturated heterocycles. The van der Waals surface area contributed by atoms with Crippen molar-refractivity contribution in [3.63, 3.8) is 0 Å². The van der Waals surface area contributed by atoms with E-state index in [1.54, 1.807) is 14.0 Å². The number of aliphatic hydroxyl groups is 1. The minimum atomic E-state index is -2.33. The molecule has 0 saturated carbocycles. The third-order valence-electron chi connectivity index (χ3n) is 2.10. The maximum absolute atomic E-state index is 11.9. The lowest BCUT2D eigenvalue weighted by atomic mass is 10.1. The highest BCUT2D eigenvalue weighted by Crippen LogP contribution is 2.07. The first-order chi connectivity index (χ1) is 5.49. The molecular formula is C8H17F2NO. The van der Waals surface area contributed by atoms with Gasteiger partial charge in [-0.25, -0.2) is 8.78 Å². The topological polar surface area (TPSA) is 23.5 Å². The van der Waals surface area contributed by atoms with Crippen LogP contribution in [0.1, 0.15) is 20.3 Å². The zero-order chi connectivity index (χ0) is 9.72.